The predicted octanol–water partition coefficient (Wildman–Crippen LogP) is 5.84. The van der Waals surface area contributed by atoms with Crippen LogP contribution in [0.1, 0.15) is 37.5 Å². The van der Waals surface area contributed by atoms with Crippen molar-refractivity contribution in [3.63, 3.8) is 0 Å². The lowest BCUT2D eigenvalue weighted by atomic mass is 9.94. The SMILES string of the molecule is CCN(C)C=Nc1cc(C)c(C(CN(C)c2ccccc2)=C(C)C)cc1C. The topological polar surface area (TPSA) is 18.8 Å². The Morgan fingerprint density at radius 1 is 1.00 bits per heavy atom. The summed E-state index contributed by atoms with van der Waals surface area (Å²) in [5, 5.41) is 0. The number of anilines is 1. The number of likely N-dealkylation sites (N-methyl/N-ethyl adjacent to an activating group) is 1. The summed E-state index contributed by atoms with van der Waals surface area (Å²) in [6.45, 7) is 12.7. The fraction of sp³-hybridized carbons (Fsp3) is 0.375. The number of benzene rings is 2. The summed E-state index contributed by atoms with van der Waals surface area (Å²) in [6, 6.07) is 15.0. The molecule has 0 N–H and O–H groups in total. The van der Waals surface area contributed by atoms with Gasteiger partial charge < -0.3 is 9.80 Å². The molecule has 0 aliphatic carbocycles. The van der Waals surface area contributed by atoms with E-state index in [1.54, 1.807) is 0 Å². The molecule has 2 aromatic carbocycles. The Bertz CT molecular complexity index is 815. The van der Waals surface area contributed by atoms with Gasteiger partial charge in [-0.1, -0.05) is 23.8 Å². The van der Waals surface area contributed by atoms with Crippen molar-refractivity contribution in [1.82, 2.24) is 4.90 Å². The van der Waals surface area contributed by atoms with Crippen LogP contribution in [0.4, 0.5) is 11.4 Å². The molecular formula is C24H33N3. The summed E-state index contributed by atoms with van der Waals surface area (Å²) in [5.74, 6) is 0. The first-order chi connectivity index (χ1) is 12.8. The van der Waals surface area contributed by atoms with E-state index >= 15 is 0 Å². The van der Waals surface area contributed by atoms with Crippen molar-refractivity contribution in [2.24, 2.45) is 4.99 Å². The minimum absolute atomic E-state index is 0.883. The van der Waals surface area contributed by atoms with Crippen molar-refractivity contribution in [3.8, 4) is 0 Å². The number of para-hydroxylation sites is 1. The Labute approximate surface area is 165 Å². The van der Waals surface area contributed by atoms with Gasteiger partial charge in [-0.15, -0.1) is 0 Å². The number of aryl methyl sites for hydroxylation is 2. The Hall–Kier alpha value is -2.55. The monoisotopic (exact) mass is 363 g/mol. The molecule has 0 aliphatic heterocycles. The molecule has 3 nitrogen and oxygen atoms in total. The highest BCUT2D eigenvalue weighted by Crippen LogP contribution is 2.30. The lowest BCUT2D eigenvalue weighted by Gasteiger charge is -2.24. The smallest absolute Gasteiger partial charge is 0.0909 e. The van der Waals surface area contributed by atoms with E-state index in [1.807, 2.05) is 13.4 Å². The van der Waals surface area contributed by atoms with Crippen LogP contribution in [0.15, 0.2) is 53.0 Å². The summed E-state index contributed by atoms with van der Waals surface area (Å²) in [6.07, 6.45) is 1.91. The zero-order valence-corrected chi connectivity index (χ0v) is 17.9. The van der Waals surface area contributed by atoms with Gasteiger partial charge in [-0.3, -0.25) is 0 Å². The highest BCUT2D eigenvalue weighted by Gasteiger charge is 2.13. The Balaban J connectivity index is 2.34. The van der Waals surface area contributed by atoms with E-state index in [9.17, 15) is 0 Å². The number of allylic oxidation sites excluding steroid dienone is 1. The van der Waals surface area contributed by atoms with Gasteiger partial charge in [0.05, 0.1) is 12.0 Å². The normalized spacial score (nSPS) is 10.9. The third-order valence-electron chi connectivity index (χ3n) is 4.96. The molecule has 144 valence electrons. The van der Waals surface area contributed by atoms with E-state index in [2.05, 4.69) is 98.9 Å². The van der Waals surface area contributed by atoms with Gasteiger partial charge >= 0.3 is 0 Å². The molecule has 0 aliphatic rings. The van der Waals surface area contributed by atoms with Gasteiger partial charge in [0.25, 0.3) is 0 Å². The summed E-state index contributed by atoms with van der Waals surface area (Å²) in [7, 11) is 4.19. The number of hydrogen-bond donors (Lipinski definition) is 0. The van der Waals surface area contributed by atoms with Crippen LogP contribution in [-0.2, 0) is 0 Å². The largest absolute Gasteiger partial charge is 0.370 e. The molecule has 0 radical (unpaired) electrons. The molecule has 3 heteroatoms. The van der Waals surface area contributed by atoms with E-state index in [1.165, 1.54) is 33.5 Å². The molecule has 0 fully saturated rings. The Morgan fingerprint density at radius 2 is 1.67 bits per heavy atom. The van der Waals surface area contributed by atoms with E-state index in [0.29, 0.717) is 0 Å². The van der Waals surface area contributed by atoms with E-state index in [0.717, 1.165) is 18.8 Å². The standard InChI is InChI=1S/C24H33N3/c1-8-26(6)17-25-24-15-19(4)22(14-20(24)5)23(18(2)3)16-27(7)21-12-10-9-11-13-21/h9-15,17H,8,16H2,1-7H3. The molecule has 0 unspecified atom stereocenters. The average Bonchev–Trinajstić information content (AvgIpc) is 2.66. The van der Waals surface area contributed by atoms with Crippen LogP contribution in [0.2, 0.25) is 0 Å². The molecule has 0 amide bonds. The van der Waals surface area contributed by atoms with Crippen LogP contribution in [0.25, 0.3) is 5.57 Å². The number of hydrogen-bond acceptors (Lipinski definition) is 2. The van der Waals surface area contributed by atoms with Gasteiger partial charge in [-0.2, -0.15) is 0 Å². The minimum Gasteiger partial charge on any atom is -0.370 e. The van der Waals surface area contributed by atoms with E-state index in [-0.39, 0.29) is 0 Å². The van der Waals surface area contributed by atoms with Crippen LogP contribution in [0, 0.1) is 13.8 Å². The first-order valence-electron chi connectivity index (χ1n) is 9.62. The summed E-state index contributed by atoms with van der Waals surface area (Å²) >= 11 is 0. The van der Waals surface area contributed by atoms with Gasteiger partial charge in [0.2, 0.25) is 0 Å². The lowest BCUT2D eigenvalue weighted by molar-refractivity contribution is 0.552. The lowest BCUT2D eigenvalue weighted by Crippen LogP contribution is -2.20. The van der Waals surface area contributed by atoms with Crippen LogP contribution >= 0.6 is 0 Å². The average molecular weight is 364 g/mol. The third-order valence-corrected chi connectivity index (χ3v) is 4.96. The quantitative estimate of drug-likeness (QED) is 0.454. The molecule has 2 rings (SSSR count). The molecule has 0 bridgehead atoms. The highest BCUT2D eigenvalue weighted by molar-refractivity contribution is 5.77. The van der Waals surface area contributed by atoms with Gasteiger partial charge in [-0.25, -0.2) is 4.99 Å². The second-order valence-corrected chi connectivity index (χ2v) is 7.44. The summed E-state index contributed by atoms with van der Waals surface area (Å²) in [5.41, 5.74) is 8.79. The van der Waals surface area contributed by atoms with Crippen LogP contribution in [0.3, 0.4) is 0 Å². The second kappa shape index (κ2) is 9.40. The number of nitrogens with zero attached hydrogens (tertiary/aromatic N) is 3. The van der Waals surface area contributed by atoms with Gasteiger partial charge in [0, 0.05) is 32.9 Å². The zero-order chi connectivity index (χ0) is 20.0. The number of aliphatic imine (C=N–C) groups is 1. The van der Waals surface area contributed by atoms with E-state index < -0.39 is 0 Å². The highest BCUT2D eigenvalue weighted by atomic mass is 15.1. The molecule has 0 aromatic heterocycles. The molecule has 27 heavy (non-hydrogen) atoms. The van der Waals surface area contributed by atoms with Crippen molar-refractivity contribution in [2.75, 3.05) is 32.1 Å². The van der Waals surface area contributed by atoms with Crippen molar-refractivity contribution in [1.29, 1.82) is 0 Å². The third kappa shape index (κ3) is 5.46. The van der Waals surface area contributed by atoms with Crippen LogP contribution in [-0.4, -0.2) is 38.4 Å². The summed E-state index contributed by atoms with van der Waals surface area (Å²) in [4.78, 5) is 9.05. The van der Waals surface area contributed by atoms with Gasteiger partial charge in [-0.05, 0) is 81.1 Å². The first kappa shape index (κ1) is 20.8. The Morgan fingerprint density at radius 3 is 2.26 bits per heavy atom. The molecular weight excluding hydrogens is 330 g/mol. The minimum atomic E-state index is 0.883. The molecule has 0 heterocycles. The maximum atomic E-state index is 4.67. The fourth-order valence-corrected chi connectivity index (χ4v) is 3.03. The molecule has 0 saturated carbocycles. The number of rotatable bonds is 7. The maximum absolute atomic E-state index is 4.67. The zero-order valence-electron chi connectivity index (χ0n) is 17.9. The van der Waals surface area contributed by atoms with Crippen LogP contribution < -0.4 is 4.90 Å². The van der Waals surface area contributed by atoms with Crippen molar-refractivity contribution in [2.45, 2.75) is 34.6 Å². The molecule has 0 saturated heterocycles. The van der Waals surface area contributed by atoms with Crippen molar-refractivity contribution in [3.05, 3.63) is 64.7 Å². The first-order valence-corrected chi connectivity index (χ1v) is 9.62. The summed E-state index contributed by atoms with van der Waals surface area (Å²) < 4.78 is 0. The Kier molecular flexibility index (Phi) is 7.23. The second-order valence-electron chi connectivity index (χ2n) is 7.44. The maximum Gasteiger partial charge on any atom is 0.0909 e. The predicted molar refractivity (Wildman–Crippen MR) is 120 cm³/mol. The van der Waals surface area contributed by atoms with Crippen molar-refractivity contribution < 1.29 is 0 Å². The molecule has 0 atom stereocenters. The van der Waals surface area contributed by atoms with Gasteiger partial charge in [0.1, 0.15) is 0 Å². The molecule has 2 aromatic rings. The van der Waals surface area contributed by atoms with Gasteiger partial charge in [0.15, 0.2) is 0 Å². The van der Waals surface area contributed by atoms with E-state index in [4.69, 9.17) is 0 Å². The fourth-order valence-electron chi connectivity index (χ4n) is 3.03. The van der Waals surface area contributed by atoms with Crippen molar-refractivity contribution >= 4 is 23.3 Å². The molecule has 0 spiro atoms. The van der Waals surface area contributed by atoms with Crippen LogP contribution in [0.5, 0.6) is 0 Å².